The van der Waals surface area contributed by atoms with E-state index in [0.717, 1.165) is 13.1 Å². The summed E-state index contributed by atoms with van der Waals surface area (Å²) in [7, 11) is -3.27. The molecule has 8 heteroatoms. The lowest BCUT2D eigenvalue weighted by molar-refractivity contribution is -0.130. The van der Waals surface area contributed by atoms with Crippen molar-refractivity contribution < 1.29 is 13.2 Å². The van der Waals surface area contributed by atoms with E-state index in [1.165, 1.54) is 6.92 Å². The topological polar surface area (TPSA) is 78.5 Å². The maximum Gasteiger partial charge on any atom is 0.237 e. The van der Waals surface area contributed by atoms with Crippen LogP contribution in [-0.4, -0.2) is 57.7 Å². The molecule has 0 aromatic carbocycles. The zero-order valence-corrected chi connectivity index (χ0v) is 10.9. The molecule has 0 radical (unpaired) electrons. The van der Waals surface area contributed by atoms with Crippen LogP contribution in [0.4, 0.5) is 0 Å². The molecule has 1 saturated heterocycles. The first-order chi connectivity index (χ1) is 7.05. The van der Waals surface area contributed by atoms with Crippen molar-refractivity contribution in [3.63, 3.8) is 0 Å². The first-order valence-corrected chi connectivity index (χ1v) is 6.66. The van der Waals surface area contributed by atoms with Crippen LogP contribution in [0.2, 0.25) is 0 Å². The van der Waals surface area contributed by atoms with Crippen molar-refractivity contribution in [2.45, 2.75) is 6.92 Å². The lowest BCUT2D eigenvalue weighted by Gasteiger charge is -2.27. The highest BCUT2D eigenvalue weighted by Crippen LogP contribution is 1.93. The van der Waals surface area contributed by atoms with E-state index in [1.807, 2.05) is 0 Å². The average Bonchev–Trinajstić information content (AvgIpc) is 2.27. The number of piperazine rings is 1. The summed E-state index contributed by atoms with van der Waals surface area (Å²) in [5.74, 6) is -0.157. The van der Waals surface area contributed by atoms with Gasteiger partial charge in [0.15, 0.2) is 0 Å². The third-order valence-corrected chi connectivity index (χ3v) is 3.64. The van der Waals surface area contributed by atoms with Crippen molar-refractivity contribution in [3.8, 4) is 0 Å². The largest absolute Gasteiger partial charge is 0.339 e. The molecule has 2 N–H and O–H groups in total. The molecule has 0 unspecified atom stereocenters. The van der Waals surface area contributed by atoms with Crippen LogP contribution in [0.15, 0.2) is 0 Å². The zero-order valence-electron chi connectivity index (χ0n) is 9.23. The van der Waals surface area contributed by atoms with Crippen molar-refractivity contribution in [2.24, 2.45) is 0 Å². The minimum atomic E-state index is -3.27. The lowest BCUT2D eigenvalue weighted by atomic mass is 10.3. The molecule has 1 rings (SSSR count). The molecule has 1 aliphatic heterocycles. The molecule has 0 atom stereocenters. The molecule has 0 aromatic rings. The molecule has 0 aliphatic carbocycles. The summed E-state index contributed by atoms with van der Waals surface area (Å²) in [6.07, 6.45) is 0. The second-order valence-corrected chi connectivity index (χ2v) is 5.45. The van der Waals surface area contributed by atoms with E-state index < -0.39 is 10.0 Å². The maximum atomic E-state index is 11.5. The highest BCUT2D eigenvalue weighted by molar-refractivity contribution is 7.89. The van der Waals surface area contributed by atoms with Crippen LogP contribution in [0.1, 0.15) is 6.92 Å². The Morgan fingerprint density at radius 3 is 2.44 bits per heavy atom. The van der Waals surface area contributed by atoms with Gasteiger partial charge >= 0.3 is 0 Å². The van der Waals surface area contributed by atoms with Crippen LogP contribution < -0.4 is 10.0 Å². The minimum Gasteiger partial charge on any atom is -0.339 e. The van der Waals surface area contributed by atoms with Gasteiger partial charge < -0.3 is 10.2 Å². The Morgan fingerprint density at radius 1 is 1.38 bits per heavy atom. The summed E-state index contributed by atoms with van der Waals surface area (Å²) in [6, 6.07) is 0. The Labute approximate surface area is 102 Å². The summed E-state index contributed by atoms with van der Waals surface area (Å²) in [4.78, 5) is 13.2. The van der Waals surface area contributed by atoms with E-state index >= 15 is 0 Å². The normalized spacial score (nSPS) is 16.7. The average molecular weight is 272 g/mol. The van der Waals surface area contributed by atoms with E-state index in [-0.39, 0.29) is 30.6 Å². The number of hydrogen-bond acceptors (Lipinski definition) is 4. The van der Waals surface area contributed by atoms with Crippen LogP contribution in [-0.2, 0) is 14.8 Å². The number of rotatable bonds is 4. The van der Waals surface area contributed by atoms with Crippen LogP contribution in [0.25, 0.3) is 0 Å². The van der Waals surface area contributed by atoms with Gasteiger partial charge in [-0.1, -0.05) is 0 Å². The van der Waals surface area contributed by atoms with Gasteiger partial charge in [0.1, 0.15) is 0 Å². The summed E-state index contributed by atoms with van der Waals surface area (Å²) in [5.41, 5.74) is 0. The van der Waals surface area contributed by atoms with Crippen molar-refractivity contribution in [3.05, 3.63) is 0 Å². The zero-order chi connectivity index (χ0) is 11.3. The fraction of sp³-hybridized carbons (Fsp3) is 0.875. The van der Waals surface area contributed by atoms with Gasteiger partial charge in [0.25, 0.3) is 0 Å². The van der Waals surface area contributed by atoms with Crippen LogP contribution >= 0.6 is 12.4 Å². The van der Waals surface area contributed by atoms with Gasteiger partial charge in [-0.05, 0) is 6.92 Å². The van der Waals surface area contributed by atoms with Gasteiger partial charge in [0.05, 0.1) is 12.3 Å². The molecule has 96 valence electrons. The molecule has 0 saturated carbocycles. The lowest BCUT2D eigenvalue weighted by Crippen LogP contribution is -2.49. The van der Waals surface area contributed by atoms with Crippen LogP contribution in [0, 0.1) is 0 Å². The molecule has 6 nitrogen and oxygen atoms in total. The number of nitrogens with zero attached hydrogens (tertiary/aromatic N) is 1. The van der Waals surface area contributed by atoms with E-state index in [4.69, 9.17) is 0 Å². The second kappa shape index (κ2) is 7.05. The predicted octanol–water partition coefficient (Wildman–Crippen LogP) is -1.22. The van der Waals surface area contributed by atoms with E-state index in [1.54, 1.807) is 4.90 Å². The number of carbonyl (C=O) groups is 1. The third-order valence-electron chi connectivity index (χ3n) is 2.29. The van der Waals surface area contributed by atoms with Crippen LogP contribution in [0.5, 0.6) is 0 Å². The standard InChI is InChI=1S/C8H17N3O3S.ClH/c1-2-15(13,14)10-7-8(12)11-5-3-9-4-6-11;/h9-10H,2-7H2,1H3;1H. The highest BCUT2D eigenvalue weighted by Gasteiger charge is 2.17. The minimum absolute atomic E-state index is 0. The van der Waals surface area contributed by atoms with E-state index in [9.17, 15) is 13.2 Å². The fourth-order valence-corrected chi connectivity index (χ4v) is 1.85. The molecule has 0 bridgehead atoms. The van der Waals surface area contributed by atoms with Crippen molar-refractivity contribution in [2.75, 3.05) is 38.5 Å². The van der Waals surface area contributed by atoms with E-state index in [0.29, 0.717) is 13.1 Å². The molecule has 0 aromatic heterocycles. The van der Waals surface area contributed by atoms with Gasteiger partial charge in [-0.15, -0.1) is 12.4 Å². The van der Waals surface area contributed by atoms with Crippen molar-refractivity contribution in [1.29, 1.82) is 0 Å². The molecule has 1 fully saturated rings. The van der Waals surface area contributed by atoms with Gasteiger partial charge in [-0.3, -0.25) is 4.79 Å². The Morgan fingerprint density at radius 2 is 1.94 bits per heavy atom. The quantitative estimate of drug-likeness (QED) is 0.672. The summed E-state index contributed by atoms with van der Waals surface area (Å²) < 4.78 is 24.5. The fourth-order valence-electron chi connectivity index (χ4n) is 1.30. The van der Waals surface area contributed by atoms with Gasteiger partial charge in [-0.25, -0.2) is 13.1 Å². The third kappa shape index (κ3) is 5.11. The van der Waals surface area contributed by atoms with Gasteiger partial charge in [0.2, 0.25) is 15.9 Å². The Kier molecular flexibility index (Phi) is 6.89. The predicted molar refractivity (Wildman–Crippen MR) is 64.2 cm³/mol. The molecule has 16 heavy (non-hydrogen) atoms. The Balaban J connectivity index is 0.00000225. The van der Waals surface area contributed by atoms with E-state index in [2.05, 4.69) is 10.0 Å². The second-order valence-electron chi connectivity index (χ2n) is 3.36. The summed E-state index contributed by atoms with van der Waals surface area (Å²) in [5, 5.41) is 3.12. The molecular weight excluding hydrogens is 254 g/mol. The number of hydrogen-bond donors (Lipinski definition) is 2. The Bertz CT molecular complexity index is 314. The number of carbonyl (C=O) groups excluding carboxylic acids is 1. The molecule has 1 heterocycles. The maximum absolute atomic E-state index is 11.5. The summed E-state index contributed by atoms with van der Waals surface area (Å²) >= 11 is 0. The number of halogens is 1. The van der Waals surface area contributed by atoms with Gasteiger partial charge in [-0.2, -0.15) is 0 Å². The number of sulfonamides is 1. The molecule has 0 spiro atoms. The first-order valence-electron chi connectivity index (χ1n) is 5.01. The summed E-state index contributed by atoms with van der Waals surface area (Å²) in [6.45, 7) is 4.24. The van der Waals surface area contributed by atoms with Gasteiger partial charge in [0, 0.05) is 26.2 Å². The Hall–Kier alpha value is -0.370. The van der Waals surface area contributed by atoms with Crippen LogP contribution in [0.3, 0.4) is 0 Å². The number of amides is 1. The SMILES string of the molecule is CCS(=O)(=O)NCC(=O)N1CCNCC1.Cl. The molecular formula is C8H18ClN3O3S. The first kappa shape index (κ1) is 15.6. The smallest absolute Gasteiger partial charge is 0.237 e. The monoisotopic (exact) mass is 271 g/mol. The van der Waals surface area contributed by atoms with Crippen molar-refractivity contribution >= 4 is 28.3 Å². The molecule has 1 aliphatic rings. The molecule has 1 amide bonds. The number of nitrogens with one attached hydrogen (secondary N) is 2. The van der Waals surface area contributed by atoms with Crippen molar-refractivity contribution in [1.82, 2.24) is 14.9 Å². The highest BCUT2D eigenvalue weighted by atomic mass is 35.5.